The Morgan fingerprint density at radius 3 is 2.94 bits per heavy atom. The largest absolute Gasteiger partial charge is 0.368 e. The highest BCUT2D eigenvalue weighted by molar-refractivity contribution is 5.80. The van der Waals surface area contributed by atoms with Gasteiger partial charge in [0.25, 0.3) is 0 Å². The second kappa shape index (κ2) is 6.01. The maximum atomic E-state index is 11.7. The number of hydrogen-bond donors (Lipinski definition) is 1. The van der Waals surface area contributed by atoms with Gasteiger partial charge in [-0.1, -0.05) is 23.8 Å². The van der Waals surface area contributed by atoms with Crippen LogP contribution in [-0.4, -0.2) is 25.2 Å². The molecule has 1 atom stereocenters. The normalized spacial score (nSPS) is 18.9. The number of rotatable bonds is 4. The zero-order valence-electron chi connectivity index (χ0n) is 11.2. The molecule has 1 aliphatic heterocycles. The minimum absolute atomic E-state index is 0.0391. The number of carbonyl (C=O) groups is 1. The van der Waals surface area contributed by atoms with Crippen LogP contribution in [0.3, 0.4) is 0 Å². The number of nitrogens with one attached hydrogen (secondary N) is 1. The van der Waals surface area contributed by atoms with E-state index in [0.717, 1.165) is 25.9 Å². The summed E-state index contributed by atoms with van der Waals surface area (Å²) in [4.78, 5) is 11.7. The van der Waals surface area contributed by atoms with E-state index in [1.54, 1.807) is 0 Å². The Hall–Kier alpha value is -1.35. The molecule has 1 aromatic carbocycles. The van der Waals surface area contributed by atoms with Gasteiger partial charge in [-0.05, 0) is 44.2 Å². The van der Waals surface area contributed by atoms with Crippen LogP contribution >= 0.6 is 0 Å². The number of carbonyl (C=O) groups excluding carboxylic acids is 1. The van der Waals surface area contributed by atoms with Crippen LogP contribution in [0.25, 0.3) is 0 Å². The number of aryl methyl sites for hydroxylation is 2. The molecule has 98 valence electrons. The molecule has 0 radical (unpaired) electrons. The van der Waals surface area contributed by atoms with Crippen LogP contribution in [-0.2, 0) is 16.0 Å². The zero-order valence-corrected chi connectivity index (χ0v) is 11.2. The standard InChI is InChI=1S/C15H21NO2/c1-11-5-6-13(12(2)10-11)7-8-16-15(17)14-4-3-9-18-14/h5-6,10,14H,3-4,7-9H2,1-2H3,(H,16,17). The smallest absolute Gasteiger partial charge is 0.249 e. The Labute approximate surface area is 109 Å². The van der Waals surface area contributed by atoms with Crippen molar-refractivity contribution >= 4 is 5.91 Å². The Morgan fingerprint density at radius 2 is 2.28 bits per heavy atom. The number of hydrogen-bond acceptors (Lipinski definition) is 2. The molecule has 18 heavy (non-hydrogen) atoms. The second-order valence-electron chi connectivity index (χ2n) is 4.97. The van der Waals surface area contributed by atoms with E-state index in [1.165, 1.54) is 16.7 Å². The molecule has 1 fully saturated rings. The lowest BCUT2D eigenvalue weighted by Crippen LogP contribution is -2.35. The van der Waals surface area contributed by atoms with Gasteiger partial charge in [-0.25, -0.2) is 0 Å². The molecule has 1 aliphatic rings. The van der Waals surface area contributed by atoms with Crippen LogP contribution < -0.4 is 5.32 Å². The Balaban J connectivity index is 1.79. The average Bonchev–Trinajstić information content (AvgIpc) is 2.85. The molecule has 0 bridgehead atoms. The van der Waals surface area contributed by atoms with E-state index in [4.69, 9.17) is 4.74 Å². The number of benzene rings is 1. The SMILES string of the molecule is Cc1ccc(CCNC(=O)C2CCCO2)c(C)c1. The van der Waals surface area contributed by atoms with Gasteiger partial charge in [0.1, 0.15) is 6.10 Å². The molecule has 0 saturated carbocycles. The van der Waals surface area contributed by atoms with Gasteiger partial charge >= 0.3 is 0 Å². The third kappa shape index (κ3) is 3.33. The molecule has 1 N–H and O–H groups in total. The van der Waals surface area contributed by atoms with Crippen LogP contribution in [0, 0.1) is 13.8 Å². The Morgan fingerprint density at radius 1 is 1.44 bits per heavy atom. The first kappa shape index (κ1) is 13.1. The molecule has 3 nitrogen and oxygen atoms in total. The van der Waals surface area contributed by atoms with Crippen LogP contribution in [0.4, 0.5) is 0 Å². The molecule has 1 aromatic rings. The highest BCUT2D eigenvalue weighted by atomic mass is 16.5. The molecule has 0 aliphatic carbocycles. The molecule has 0 spiro atoms. The van der Waals surface area contributed by atoms with Gasteiger partial charge in [0.05, 0.1) is 0 Å². The first-order valence-corrected chi connectivity index (χ1v) is 6.62. The van der Waals surface area contributed by atoms with Gasteiger partial charge in [-0.2, -0.15) is 0 Å². The van der Waals surface area contributed by atoms with Gasteiger partial charge in [0, 0.05) is 13.2 Å². The van der Waals surface area contributed by atoms with Crippen molar-refractivity contribution in [2.45, 2.75) is 39.2 Å². The molecular formula is C15H21NO2. The van der Waals surface area contributed by atoms with Gasteiger partial charge < -0.3 is 10.1 Å². The zero-order chi connectivity index (χ0) is 13.0. The van der Waals surface area contributed by atoms with Crippen molar-refractivity contribution in [2.75, 3.05) is 13.2 Å². The van der Waals surface area contributed by atoms with Crippen molar-refractivity contribution in [1.82, 2.24) is 5.32 Å². The summed E-state index contributed by atoms with van der Waals surface area (Å²) in [5.41, 5.74) is 3.87. The van der Waals surface area contributed by atoms with E-state index in [-0.39, 0.29) is 12.0 Å². The van der Waals surface area contributed by atoms with Gasteiger partial charge in [-0.3, -0.25) is 4.79 Å². The Kier molecular flexibility index (Phi) is 4.37. The highest BCUT2D eigenvalue weighted by Gasteiger charge is 2.22. The van der Waals surface area contributed by atoms with E-state index in [0.29, 0.717) is 6.54 Å². The van der Waals surface area contributed by atoms with Crippen molar-refractivity contribution in [3.8, 4) is 0 Å². The van der Waals surface area contributed by atoms with E-state index in [2.05, 4.69) is 37.4 Å². The topological polar surface area (TPSA) is 38.3 Å². The predicted octanol–water partition coefficient (Wildman–Crippen LogP) is 2.14. The lowest BCUT2D eigenvalue weighted by Gasteiger charge is -2.11. The monoisotopic (exact) mass is 247 g/mol. The summed E-state index contributed by atoms with van der Waals surface area (Å²) in [6.45, 7) is 5.61. The summed E-state index contributed by atoms with van der Waals surface area (Å²) < 4.78 is 5.34. The lowest BCUT2D eigenvalue weighted by atomic mass is 10.0. The summed E-state index contributed by atoms with van der Waals surface area (Å²) in [5, 5.41) is 2.95. The molecule has 1 saturated heterocycles. The van der Waals surface area contributed by atoms with Crippen molar-refractivity contribution in [1.29, 1.82) is 0 Å². The number of ether oxygens (including phenoxy) is 1. The second-order valence-corrected chi connectivity index (χ2v) is 4.97. The first-order valence-electron chi connectivity index (χ1n) is 6.62. The van der Waals surface area contributed by atoms with E-state index in [9.17, 15) is 4.79 Å². The third-order valence-corrected chi connectivity index (χ3v) is 3.41. The minimum atomic E-state index is -0.218. The molecule has 1 heterocycles. The van der Waals surface area contributed by atoms with Crippen molar-refractivity contribution in [3.05, 3.63) is 34.9 Å². The molecule has 1 unspecified atom stereocenters. The highest BCUT2D eigenvalue weighted by Crippen LogP contribution is 2.12. The van der Waals surface area contributed by atoms with E-state index in [1.807, 2.05) is 0 Å². The van der Waals surface area contributed by atoms with E-state index < -0.39 is 0 Å². The molecule has 3 heteroatoms. The van der Waals surface area contributed by atoms with Crippen LogP contribution in [0.15, 0.2) is 18.2 Å². The fourth-order valence-corrected chi connectivity index (χ4v) is 2.34. The van der Waals surface area contributed by atoms with Gasteiger partial charge in [-0.15, -0.1) is 0 Å². The third-order valence-electron chi connectivity index (χ3n) is 3.41. The van der Waals surface area contributed by atoms with Crippen molar-refractivity contribution in [2.24, 2.45) is 0 Å². The fourth-order valence-electron chi connectivity index (χ4n) is 2.34. The molecule has 1 amide bonds. The fraction of sp³-hybridized carbons (Fsp3) is 0.533. The van der Waals surface area contributed by atoms with Crippen molar-refractivity contribution < 1.29 is 9.53 Å². The van der Waals surface area contributed by atoms with Crippen LogP contribution in [0.1, 0.15) is 29.5 Å². The molecular weight excluding hydrogens is 226 g/mol. The van der Waals surface area contributed by atoms with Crippen LogP contribution in [0.5, 0.6) is 0 Å². The van der Waals surface area contributed by atoms with Gasteiger partial charge in [0.2, 0.25) is 5.91 Å². The summed E-state index contributed by atoms with van der Waals surface area (Å²) in [7, 11) is 0. The number of amides is 1. The maximum absolute atomic E-state index is 11.7. The molecule has 2 rings (SSSR count). The van der Waals surface area contributed by atoms with Gasteiger partial charge in [0.15, 0.2) is 0 Å². The lowest BCUT2D eigenvalue weighted by molar-refractivity contribution is -0.129. The van der Waals surface area contributed by atoms with E-state index >= 15 is 0 Å². The quantitative estimate of drug-likeness (QED) is 0.885. The Bertz CT molecular complexity index is 423. The maximum Gasteiger partial charge on any atom is 0.249 e. The predicted molar refractivity (Wildman–Crippen MR) is 71.6 cm³/mol. The van der Waals surface area contributed by atoms with Crippen molar-refractivity contribution in [3.63, 3.8) is 0 Å². The summed E-state index contributed by atoms with van der Waals surface area (Å²) in [6, 6.07) is 6.43. The summed E-state index contributed by atoms with van der Waals surface area (Å²) in [6.07, 6.45) is 2.51. The van der Waals surface area contributed by atoms with Crippen LogP contribution in [0.2, 0.25) is 0 Å². The minimum Gasteiger partial charge on any atom is -0.368 e. The summed E-state index contributed by atoms with van der Waals surface area (Å²) >= 11 is 0. The molecule has 0 aromatic heterocycles. The first-order chi connectivity index (χ1) is 8.66. The summed E-state index contributed by atoms with van der Waals surface area (Å²) in [5.74, 6) is 0.0391. The average molecular weight is 247 g/mol.